The van der Waals surface area contributed by atoms with Crippen LogP contribution in [0.5, 0.6) is 5.75 Å². The van der Waals surface area contributed by atoms with Crippen molar-refractivity contribution in [1.82, 2.24) is 20.4 Å². The van der Waals surface area contributed by atoms with Gasteiger partial charge in [0, 0.05) is 12.8 Å². The molecule has 36 heavy (non-hydrogen) atoms. The quantitative estimate of drug-likeness (QED) is 0.465. The molecule has 0 saturated heterocycles. The van der Waals surface area contributed by atoms with Gasteiger partial charge in [-0.2, -0.15) is 0 Å². The molecule has 1 unspecified atom stereocenters. The van der Waals surface area contributed by atoms with E-state index < -0.39 is 18.0 Å². The molecule has 2 amide bonds. The summed E-state index contributed by atoms with van der Waals surface area (Å²) in [4.78, 5) is 23.6. The van der Waals surface area contributed by atoms with Crippen LogP contribution < -0.4 is 15.4 Å². The van der Waals surface area contributed by atoms with E-state index in [4.69, 9.17) is 0 Å². The summed E-state index contributed by atoms with van der Waals surface area (Å²) in [5.41, 5.74) is 2.02. The summed E-state index contributed by atoms with van der Waals surface area (Å²) in [6.45, 7) is 1.42. The number of allylic oxidation sites excluding steroid dienone is 2. The highest BCUT2D eigenvalue weighted by Crippen LogP contribution is 2.38. The number of carbonyl (C=O) groups excluding carboxylic acids is 2. The van der Waals surface area contributed by atoms with Gasteiger partial charge in [0.25, 0.3) is 0 Å². The molecule has 188 valence electrons. The zero-order chi connectivity index (χ0) is 25.7. The third kappa shape index (κ3) is 7.07. The average Bonchev–Trinajstić information content (AvgIpc) is 3.26. The molecule has 0 fully saturated rings. The van der Waals surface area contributed by atoms with Crippen LogP contribution in [0.1, 0.15) is 48.4 Å². The molecular formula is C23H21F3N6O3S. The van der Waals surface area contributed by atoms with Crippen LogP contribution in [0.15, 0.2) is 42.5 Å². The lowest BCUT2D eigenvalue weighted by Crippen LogP contribution is -2.18. The van der Waals surface area contributed by atoms with Gasteiger partial charge in [0.1, 0.15) is 10.8 Å². The minimum atomic E-state index is -4.81. The number of ether oxygens (including phenoxy) is 1. The number of aromatic nitrogens is 4. The number of nitrogens with zero attached hydrogens (tertiary/aromatic N) is 4. The van der Waals surface area contributed by atoms with Gasteiger partial charge in [0.05, 0.1) is 12.1 Å². The zero-order valence-electron chi connectivity index (χ0n) is 19.0. The Morgan fingerprint density at radius 3 is 2.67 bits per heavy atom. The molecule has 13 heteroatoms. The van der Waals surface area contributed by atoms with Crippen molar-refractivity contribution in [2.45, 2.75) is 44.9 Å². The van der Waals surface area contributed by atoms with Gasteiger partial charge in [0.15, 0.2) is 5.82 Å². The predicted molar refractivity (Wildman–Crippen MR) is 126 cm³/mol. The van der Waals surface area contributed by atoms with Crippen LogP contribution in [-0.4, -0.2) is 38.6 Å². The summed E-state index contributed by atoms with van der Waals surface area (Å²) in [5.74, 6) is -0.680. The van der Waals surface area contributed by atoms with E-state index in [1.165, 1.54) is 30.4 Å². The maximum Gasteiger partial charge on any atom is 0.573 e. The van der Waals surface area contributed by atoms with Crippen LogP contribution in [0.3, 0.4) is 0 Å². The van der Waals surface area contributed by atoms with Gasteiger partial charge in [-0.1, -0.05) is 29.5 Å². The summed E-state index contributed by atoms with van der Waals surface area (Å²) in [7, 11) is 0. The minimum Gasteiger partial charge on any atom is -0.406 e. The first-order valence-electron chi connectivity index (χ1n) is 10.9. The molecular weight excluding hydrogens is 497 g/mol. The number of nitrogens with one attached hydrogen (secondary N) is 2. The van der Waals surface area contributed by atoms with E-state index in [1.807, 2.05) is 0 Å². The fraction of sp³-hybridized carbons (Fsp3) is 0.304. The maximum absolute atomic E-state index is 12.4. The first kappa shape index (κ1) is 25.2. The predicted octanol–water partition coefficient (Wildman–Crippen LogP) is 4.72. The van der Waals surface area contributed by atoms with Crippen molar-refractivity contribution < 1.29 is 27.5 Å². The molecule has 0 bridgehead atoms. The molecule has 2 heterocycles. The van der Waals surface area contributed by atoms with Crippen molar-refractivity contribution in [1.29, 1.82) is 0 Å². The molecule has 1 aliphatic carbocycles. The monoisotopic (exact) mass is 518 g/mol. The number of rotatable bonds is 7. The average molecular weight is 519 g/mol. The maximum atomic E-state index is 12.4. The number of amides is 2. The highest BCUT2D eigenvalue weighted by Gasteiger charge is 2.31. The Labute approximate surface area is 207 Å². The Bertz CT molecular complexity index is 1280. The Hall–Kier alpha value is -3.87. The smallest absolute Gasteiger partial charge is 0.406 e. The minimum absolute atomic E-state index is 0.142. The summed E-state index contributed by atoms with van der Waals surface area (Å²) >= 11 is 1.35. The fourth-order valence-corrected chi connectivity index (χ4v) is 4.65. The third-order valence-corrected chi connectivity index (χ3v) is 6.20. The topological polar surface area (TPSA) is 119 Å². The number of halogens is 3. The van der Waals surface area contributed by atoms with E-state index in [0.717, 1.165) is 35.6 Å². The van der Waals surface area contributed by atoms with Crippen LogP contribution in [0.25, 0.3) is 5.57 Å². The van der Waals surface area contributed by atoms with E-state index in [-0.39, 0.29) is 24.1 Å². The molecule has 3 aromatic rings. The molecule has 1 aromatic carbocycles. The van der Waals surface area contributed by atoms with Crippen molar-refractivity contribution in [3.05, 3.63) is 58.7 Å². The molecule has 0 radical (unpaired) electrons. The van der Waals surface area contributed by atoms with E-state index in [1.54, 1.807) is 12.1 Å². The van der Waals surface area contributed by atoms with Crippen molar-refractivity contribution in [3.8, 4) is 5.75 Å². The molecule has 2 aromatic heterocycles. The SMILES string of the molecule is CC(=O)Nc1nnc(C2CCC=C(c3ccc(NC(=O)Cc4cccc(OC(F)(F)F)c4)nn3)C2)s1. The van der Waals surface area contributed by atoms with Gasteiger partial charge in [0.2, 0.25) is 16.9 Å². The van der Waals surface area contributed by atoms with E-state index in [0.29, 0.717) is 22.8 Å². The first-order chi connectivity index (χ1) is 17.1. The van der Waals surface area contributed by atoms with Crippen LogP contribution in [0.4, 0.5) is 24.1 Å². The van der Waals surface area contributed by atoms with Gasteiger partial charge in [-0.05, 0) is 54.7 Å². The van der Waals surface area contributed by atoms with Gasteiger partial charge in [-0.15, -0.1) is 33.6 Å². The van der Waals surface area contributed by atoms with E-state index in [9.17, 15) is 22.8 Å². The summed E-state index contributed by atoms with van der Waals surface area (Å²) in [5, 5.41) is 23.0. The molecule has 0 spiro atoms. The van der Waals surface area contributed by atoms with Gasteiger partial charge >= 0.3 is 6.36 Å². The van der Waals surface area contributed by atoms with Crippen LogP contribution in [0, 0.1) is 0 Å². The van der Waals surface area contributed by atoms with Crippen LogP contribution >= 0.6 is 11.3 Å². The number of hydrogen-bond donors (Lipinski definition) is 2. The van der Waals surface area contributed by atoms with Crippen molar-refractivity contribution in [2.24, 2.45) is 0 Å². The largest absolute Gasteiger partial charge is 0.573 e. The second-order valence-electron chi connectivity index (χ2n) is 8.06. The fourth-order valence-electron chi connectivity index (χ4n) is 3.73. The molecule has 9 nitrogen and oxygen atoms in total. The summed E-state index contributed by atoms with van der Waals surface area (Å²) in [6.07, 6.45) is -0.468. The summed E-state index contributed by atoms with van der Waals surface area (Å²) in [6, 6.07) is 8.60. The third-order valence-electron chi connectivity index (χ3n) is 5.20. The van der Waals surface area contributed by atoms with Crippen LogP contribution in [0.2, 0.25) is 0 Å². The van der Waals surface area contributed by atoms with Crippen molar-refractivity contribution in [2.75, 3.05) is 10.6 Å². The van der Waals surface area contributed by atoms with Crippen molar-refractivity contribution in [3.63, 3.8) is 0 Å². The van der Waals surface area contributed by atoms with E-state index in [2.05, 4.69) is 41.8 Å². The molecule has 0 saturated carbocycles. The number of alkyl halides is 3. The Morgan fingerprint density at radius 1 is 1.11 bits per heavy atom. The van der Waals surface area contributed by atoms with Crippen molar-refractivity contribution >= 4 is 39.7 Å². The Balaban J connectivity index is 1.34. The lowest BCUT2D eigenvalue weighted by Gasteiger charge is -2.20. The molecule has 2 N–H and O–H groups in total. The molecule has 0 aliphatic heterocycles. The Morgan fingerprint density at radius 2 is 1.94 bits per heavy atom. The van der Waals surface area contributed by atoms with Gasteiger partial charge in [-0.3, -0.25) is 9.59 Å². The van der Waals surface area contributed by atoms with E-state index >= 15 is 0 Å². The molecule has 1 aliphatic rings. The lowest BCUT2D eigenvalue weighted by molar-refractivity contribution is -0.274. The number of carbonyl (C=O) groups is 2. The van der Waals surface area contributed by atoms with Gasteiger partial charge in [-0.25, -0.2) is 0 Å². The second-order valence-corrected chi connectivity index (χ2v) is 9.07. The molecule has 4 rings (SSSR count). The van der Waals surface area contributed by atoms with Crippen LogP contribution in [-0.2, 0) is 16.0 Å². The number of hydrogen-bond acceptors (Lipinski definition) is 8. The standard InChI is InChI=1S/C23H21F3N6O3S/c1-13(33)27-22-32-31-21(36-22)16-6-3-5-15(12-16)18-8-9-19(30-29-18)28-20(34)11-14-4-2-7-17(10-14)35-23(24,25)26/h2,4-5,7-10,16H,3,6,11-12H2,1H3,(H,27,32,33)(H,28,30,34). The Kier molecular flexibility index (Phi) is 7.58. The number of benzene rings is 1. The number of anilines is 2. The van der Waals surface area contributed by atoms with Gasteiger partial charge < -0.3 is 15.4 Å². The highest BCUT2D eigenvalue weighted by molar-refractivity contribution is 7.15. The highest BCUT2D eigenvalue weighted by atomic mass is 32.1. The lowest BCUT2D eigenvalue weighted by atomic mass is 9.88. The summed E-state index contributed by atoms with van der Waals surface area (Å²) < 4.78 is 41.1. The molecule has 1 atom stereocenters. The second kappa shape index (κ2) is 10.8. The normalized spacial score (nSPS) is 15.7. The first-order valence-corrected chi connectivity index (χ1v) is 11.7. The zero-order valence-corrected chi connectivity index (χ0v) is 19.8.